The van der Waals surface area contributed by atoms with E-state index in [2.05, 4.69) is 27.2 Å². The first-order chi connectivity index (χ1) is 24.3. The summed E-state index contributed by atoms with van der Waals surface area (Å²) in [4.78, 5) is 53.8. The number of hydrogen-bond acceptors (Lipinski definition) is 9. The van der Waals surface area contributed by atoms with Crippen LogP contribution in [0.4, 0.5) is 10.9 Å². The van der Waals surface area contributed by atoms with Crippen molar-refractivity contribution in [3.05, 3.63) is 112 Å². The zero-order chi connectivity index (χ0) is 34.6. The summed E-state index contributed by atoms with van der Waals surface area (Å²) in [5, 5.41) is 13.6. The number of para-hydroxylation sites is 1. The number of hydrogen-bond donors (Lipinski definition) is 2. The molecule has 0 aliphatic carbocycles. The molecule has 0 radical (unpaired) electrons. The average molecular weight is 691 g/mol. The number of carboxylic acids is 1. The van der Waals surface area contributed by atoms with Gasteiger partial charge in [-0.15, -0.1) is 0 Å². The highest BCUT2D eigenvalue weighted by Gasteiger charge is 2.25. The summed E-state index contributed by atoms with van der Waals surface area (Å²) in [6.45, 7) is 4.65. The molecule has 7 rings (SSSR count). The molecule has 1 fully saturated rings. The van der Waals surface area contributed by atoms with Gasteiger partial charge in [0.05, 0.1) is 16.8 Å². The standard InChI is InChI=1S/C38H38N6O5S/c1-42-19-21-43(22-20-42)36(46)27-11-14-28(15-12-27)49-23-5-7-26-13-16-33(40-34(26)37(47)48)44-18-17-25-6-4-8-29(30(25)24-44)35(45)41-38-39-31-9-2-3-10-32(31)50-38/h2-4,6,8-16H,5,7,17-24H2,1H3,(H,47,48)(H,39,41,45). The Morgan fingerprint density at radius 3 is 2.48 bits per heavy atom. The van der Waals surface area contributed by atoms with E-state index in [0.29, 0.717) is 72.3 Å². The van der Waals surface area contributed by atoms with E-state index in [0.717, 1.165) is 47.5 Å². The Kier molecular flexibility index (Phi) is 9.72. The molecule has 2 N–H and O–H groups in total. The lowest BCUT2D eigenvalue weighted by atomic mass is 9.94. The second kappa shape index (κ2) is 14.7. The summed E-state index contributed by atoms with van der Waals surface area (Å²) in [6.07, 6.45) is 1.77. The van der Waals surface area contributed by atoms with Gasteiger partial charge in [-0.1, -0.05) is 41.7 Å². The van der Waals surface area contributed by atoms with Crippen molar-refractivity contribution in [1.82, 2.24) is 19.8 Å². The van der Waals surface area contributed by atoms with Crippen LogP contribution in [0, 0.1) is 0 Å². The van der Waals surface area contributed by atoms with E-state index in [1.54, 1.807) is 24.3 Å². The van der Waals surface area contributed by atoms with Crippen LogP contribution >= 0.6 is 11.3 Å². The first kappa shape index (κ1) is 33.2. The number of ether oxygens (including phenoxy) is 1. The Hall–Kier alpha value is -5.33. The number of aromatic carboxylic acids is 1. The molecule has 2 aliphatic heterocycles. The van der Waals surface area contributed by atoms with E-state index >= 15 is 0 Å². The molecular weight excluding hydrogens is 653 g/mol. The van der Waals surface area contributed by atoms with Gasteiger partial charge >= 0.3 is 5.97 Å². The molecule has 1 saturated heterocycles. The van der Waals surface area contributed by atoms with Crippen molar-refractivity contribution in [3.63, 3.8) is 0 Å². The van der Waals surface area contributed by atoms with Crippen molar-refractivity contribution in [2.24, 2.45) is 0 Å². The largest absolute Gasteiger partial charge is 0.494 e. The second-order valence-electron chi connectivity index (χ2n) is 12.6. The van der Waals surface area contributed by atoms with Gasteiger partial charge < -0.3 is 24.5 Å². The predicted molar refractivity (Wildman–Crippen MR) is 194 cm³/mol. The molecule has 2 amide bonds. The number of aryl methyl sites for hydroxylation is 1. The van der Waals surface area contributed by atoms with Crippen LogP contribution in [0.2, 0.25) is 0 Å². The van der Waals surface area contributed by atoms with Crippen molar-refractivity contribution >= 4 is 50.3 Å². The first-order valence-corrected chi connectivity index (χ1v) is 17.6. The number of aromatic nitrogens is 2. The van der Waals surface area contributed by atoms with Gasteiger partial charge in [-0.05, 0) is 91.5 Å². The summed E-state index contributed by atoms with van der Waals surface area (Å²) < 4.78 is 6.92. The van der Waals surface area contributed by atoms with Gasteiger partial charge in [0.25, 0.3) is 11.8 Å². The third kappa shape index (κ3) is 7.31. The minimum atomic E-state index is -1.09. The lowest BCUT2D eigenvalue weighted by Crippen LogP contribution is -2.47. The number of thiazole rings is 1. The lowest BCUT2D eigenvalue weighted by Gasteiger charge is -2.32. The number of carboxylic acid groups (broad SMARTS) is 1. The molecule has 4 heterocycles. The summed E-state index contributed by atoms with van der Waals surface area (Å²) >= 11 is 1.43. The maximum Gasteiger partial charge on any atom is 0.354 e. The number of pyridine rings is 1. The van der Waals surface area contributed by atoms with E-state index in [4.69, 9.17) is 4.74 Å². The number of nitrogens with zero attached hydrogens (tertiary/aromatic N) is 5. The van der Waals surface area contributed by atoms with E-state index in [1.165, 1.54) is 11.3 Å². The van der Waals surface area contributed by atoms with Gasteiger partial charge in [0.1, 0.15) is 11.6 Å². The van der Waals surface area contributed by atoms with Crippen LogP contribution in [0.25, 0.3) is 10.2 Å². The van der Waals surface area contributed by atoms with Gasteiger partial charge in [-0.25, -0.2) is 14.8 Å². The second-order valence-corrected chi connectivity index (χ2v) is 13.6. The molecule has 2 aliphatic rings. The highest BCUT2D eigenvalue weighted by molar-refractivity contribution is 7.22. The maximum absolute atomic E-state index is 13.4. The minimum Gasteiger partial charge on any atom is -0.494 e. The molecule has 0 saturated carbocycles. The van der Waals surface area contributed by atoms with Crippen molar-refractivity contribution in [3.8, 4) is 5.75 Å². The van der Waals surface area contributed by atoms with Crippen LogP contribution in [-0.4, -0.2) is 89.0 Å². The third-order valence-electron chi connectivity index (χ3n) is 9.27. The summed E-state index contributed by atoms with van der Waals surface area (Å²) in [7, 11) is 2.06. The Morgan fingerprint density at radius 2 is 1.70 bits per heavy atom. The number of likely N-dealkylation sites (N-methyl/N-ethyl adjacent to an activating group) is 1. The van der Waals surface area contributed by atoms with Crippen LogP contribution in [0.1, 0.15) is 54.3 Å². The summed E-state index contributed by atoms with van der Waals surface area (Å²) in [5.74, 6) is -0.0700. The van der Waals surface area contributed by atoms with E-state index in [-0.39, 0.29) is 17.5 Å². The molecule has 0 atom stereocenters. The number of benzene rings is 3. The van der Waals surface area contributed by atoms with Gasteiger partial charge in [0.2, 0.25) is 0 Å². The molecule has 0 spiro atoms. The molecule has 0 unspecified atom stereocenters. The van der Waals surface area contributed by atoms with Crippen LogP contribution < -0.4 is 15.0 Å². The SMILES string of the molecule is CN1CCN(C(=O)c2ccc(OCCCc3ccc(N4CCc5cccc(C(=O)Nc6nc7ccccc7s6)c5C4)nc3C(=O)O)cc2)CC1. The van der Waals surface area contributed by atoms with Crippen LogP contribution in [0.15, 0.2) is 78.9 Å². The van der Waals surface area contributed by atoms with Gasteiger partial charge in [-0.2, -0.15) is 0 Å². The fourth-order valence-corrected chi connectivity index (χ4v) is 7.32. The van der Waals surface area contributed by atoms with Crippen molar-refractivity contribution < 1.29 is 24.2 Å². The summed E-state index contributed by atoms with van der Waals surface area (Å²) in [5.41, 5.74) is 4.68. The molecule has 2 aromatic heterocycles. The first-order valence-electron chi connectivity index (χ1n) is 16.8. The highest BCUT2D eigenvalue weighted by Crippen LogP contribution is 2.30. The number of carbonyl (C=O) groups is 3. The average Bonchev–Trinajstić information content (AvgIpc) is 3.55. The molecular formula is C38H38N6O5S. The smallest absolute Gasteiger partial charge is 0.354 e. The molecule has 50 heavy (non-hydrogen) atoms. The number of fused-ring (bicyclic) bond motifs is 2. The van der Waals surface area contributed by atoms with Gasteiger partial charge in [0, 0.05) is 50.4 Å². The van der Waals surface area contributed by atoms with Crippen molar-refractivity contribution in [1.29, 1.82) is 0 Å². The van der Waals surface area contributed by atoms with Crippen molar-refractivity contribution in [2.45, 2.75) is 25.8 Å². The molecule has 5 aromatic rings. The van der Waals surface area contributed by atoms with E-state index in [9.17, 15) is 19.5 Å². The molecule has 12 heteroatoms. The zero-order valence-corrected chi connectivity index (χ0v) is 28.6. The van der Waals surface area contributed by atoms with Crippen LogP contribution in [0.3, 0.4) is 0 Å². The van der Waals surface area contributed by atoms with Gasteiger partial charge in [0.15, 0.2) is 10.8 Å². The molecule has 256 valence electrons. The summed E-state index contributed by atoms with van der Waals surface area (Å²) in [6, 6.07) is 24.4. The lowest BCUT2D eigenvalue weighted by molar-refractivity contribution is 0.0661. The fraction of sp³-hybridized carbons (Fsp3) is 0.289. The molecule has 3 aromatic carbocycles. The number of nitrogens with one attached hydrogen (secondary N) is 1. The van der Waals surface area contributed by atoms with Gasteiger partial charge in [-0.3, -0.25) is 14.9 Å². The number of amides is 2. The number of piperazine rings is 1. The highest BCUT2D eigenvalue weighted by atomic mass is 32.1. The predicted octanol–water partition coefficient (Wildman–Crippen LogP) is 5.60. The van der Waals surface area contributed by atoms with E-state index < -0.39 is 5.97 Å². The van der Waals surface area contributed by atoms with Crippen LogP contribution in [0.5, 0.6) is 5.75 Å². The van der Waals surface area contributed by atoms with E-state index in [1.807, 2.05) is 64.4 Å². The Morgan fingerprint density at radius 1 is 0.900 bits per heavy atom. The maximum atomic E-state index is 13.4. The number of carbonyl (C=O) groups excluding carboxylic acids is 2. The monoisotopic (exact) mass is 690 g/mol. The molecule has 11 nitrogen and oxygen atoms in total. The third-order valence-corrected chi connectivity index (χ3v) is 10.2. The fourth-order valence-electron chi connectivity index (χ4n) is 6.46. The van der Waals surface area contributed by atoms with Crippen LogP contribution in [-0.2, 0) is 19.4 Å². The quantitative estimate of drug-likeness (QED) is 0.180. The normalized spacial score (nSPS) is 14.7. The Bertz CT molecular complexity index is 2010. The Balaban J connectivity index is 0.967. The number of anilines is 2. The Labute approximate surface area is 294 Å². The molecule has 0 bridgehead atoms. The topological polar surface area (TPSA) is 128 Å². The minimum absolute atomic E-state index is 0.0157. The van der Waals surface area contributed by atoms with Crippen molar-refractivity contribution in [2.75, 3.05) is 56.6 Å². The zero-order valence-electron chi connectivity index (χ0n) is 27.8. The number of rotatable bonds is 10.